The first-order valence-electron chi connectivity index (χ1n) is 6.83. The second kappa shape index (κ2) is 6.80. The minimum absolute atomic E-state index is 0.0300. The van der Waals surface area contributed by atoms with Gasteiger partial charge in [0.2, 0.25) is 5.88 Å². The lowest BCUT2D eigenvalue weighted by molar-refractivity contribution is 0.291. The standard InChI is InChI=1S/C17H19BrClNO/c1-17(2,3)15-8-13(10-19)9-16(20-15)21-11-12-4-6-14(18)7-5-12/h4-9H,10-11H2,1-3H3. The van der Waals surface area contributed by atoms with Gasteiger partial charge in [-0.2, -0.15) is 0 Å². The third-order valence-electron chi connectivity index (χ3n) is 3.08. The summed E-state index contributed by atoms with van der Waals surface area (Å²) in [6.45, 7) is 6.89. The van der Waals surface area contributed by atoms with Gasteiger partial charge in [0.05, 0.1) is 5.69 Å². The summed E-state index contributed by atoms with van der Waals surface area (Å²) in [6.07, 6.45) is 0. The first-order valence-corrected chi connectivity index (χ1v) is 8.16. The lowest BCUT2D eigenvalue weighted by atomic mass is 9.91. The molecule has 2 rings (SSSR count). The molecule has 4 heteroatoms. The van der Waals surface area contributed by atoms with Gasteiger partial charge in [0.1, 0.15) is 6.61 Å². The molecule has 0 aliphatic heterocycles. The molecule has 2 nitrogen and oxygen atoms in total. The van der Waals surface area contributed by atoms with Crippen LogP contribution in [0.25, 0.3) is 0 Å². The molecule has 0 N–H and O–H groups in total. The third-order valence-corrected chi connectivity index (χ3v) is 3.92. The molecule has 0 aliphatic carbocycles. The number of rotatable bonds is 4. The van der Waals surface area contributed by atoms with E-state index in [1.54, 1.807) is 0 Å². The van der Waals surface area contributed by atoms with E-state index in [1.807, 2.05) is 36.4 Å². The van der Waals surface area contributed by atoms with Crippen LogP contribution < -0.4 is 4.74 Å². The van der Waals surface area contributed by atoms with E-state index in [0.717, 1.165) is 21.3 Å². The summed E-state index contributed by atoms with van der Waals surface area (Å²) in [7, 11) is 0. The van der Waals surface area contributed by atoms with Crippen molar-refractivity contribution in [1.29, 1.82) is 0 Å². The smallest absolute Gasteiger partial charge is 0.214 e. The van der Waals surface area contributed by atoms with Gasteiger partial charge in [-0.05, 0) is 29.3 Å². The molecule has 21 heavy (non-hydrogen) atoms. The van der Waals surface area contributed by atoms with Crippen LogP contribution in [0.4, 0.5) is 0 Å². The first-order chi connectivity index (χ1) is 9.88. The van der Waals surface area contributed by atoms with Gasteiger partial charge >= 0.3 is 0 Å². The Hall–Kier alpha value is -1.06. The van der Waals surface area contributed by atoms with E-state index in [1.165, 1.54) is 0 Å². The number of hydrogen-bond donors (Lipinski definition) is 0. The van der Waals surface area contributed by atoms with Crippen LogP contribution in [-0.2, 0) is 17.9 Å². The van der Waals surface area contributed by atoms with Crippen molar-refractivity contribution in [1.82, 2.24) is 4.98 Å². The Balaban J connectivity index is 2.17. The zero-order valence-electron chi connectivity index (χ0n) is 12.5. The maximum absolute atomic E-state index is 5.97. The van der Waals surface area contributed by atoms with Gasteiger partial charge in [-0.25, -0.2) is 4.98 Å². The Kier molecular flexibility index (Phi) is 5.28. The highest BCUT2D eigenvalue weighted by Gasteiger charge is 2.17. The number of halogens is 2. The molecule has 0 aliphatic rings. The number of nitrogens with zero attached hydrogens (tertiary/aromatic N) is 1. The fourth-order valence-electron chi connectivity index (χ4n) is 1.83. The van der Waals surface area contributed by atoms with E-state index in [9.17, 15) is 0 Å². The van der Waals surface area contributed by atoms with E-state index in [4.69, 9.17) is 16.3 Å². The molecule has 112 valence electrons. The molecule has 0 spiro atoms. The van der Waals surface area contributed by atoms with Crippen molar-refractivity contribution in [3.05, 3.63) is 57.7 Å². The van der Waals surface area contributed by atoms with E-state index in [-0.39, 0.29) is 5.41 Å². The highest BCUT2D eigenvalue weighted by molar-refractivity contribution is 9.10. The maximum atomic E-state index is 5.97. The quantitative estimate of drug-likeness (QED) is 0.669. The van der Waals surface area contributed by atoms with Gasteiger partial charge in [-0.3, -0.25) is 0 Å². The van der Waals surface area contributed by atoms with Gasteiger partial charge in [0.15, 0.2) is 0 Å². The molecule has 0 saturated heterocycles. The summed E-state index contributed by atoms with van der Waals surface area (Å²) in [5.41, 5.74) is 3.10. The van der Waals surface area contributed by atoms with Crippen LogP contribution in [0.15, 0.2) is 40.9 Å². The average Bonchev–Trinajstić information content (AvgIpc) is 2.45. The van der Waals surface area contributed by atoms with Gasteiger partial charge in [0.25, 0.3) is 0 Å². The molecule has 0 amide bonds. The Morgan fingerprint density at radius 1 is 1.10 bits per heavy atom. The van der Waals surface area contributed by atoms with Crippen LogP contribution in [-0.4, -0.2) is 4.98 Å². The van der Waals surface area contributed by atoms with Crippen molar-refractivity contribution in [2.24, 2.45) is 0 Å². The second-order valence-electron chi connectivity index (χ2n) is 6.00. The van der Waals surface area contributed by atoms with Crippen molar-refractivity contribution < 1.29 is 4.74 Å². The second-order valence-corrected chi connectivity index (χ2v) is 7.18. The minimum Gasteiger partial charge on any atom is -0.473 e. The van der Waals surface area contributed by atoms with Crippen LogP contribution in [0.5, 0.6) is 5.88 Å². The molecule has 0 unspecified atom stereocenters. The number of pyridine rings is 1. The van der Waals surface area contributed by atoms with Crippen LogP contribution in [0.3, 0.4) is 0 Å². The fraction of sp³-hybridized carbons (Fsp3) is 0.353. The Morgan fingerprint density at radius 2 is 1.76 bits per heavy atom. The summed E-state index contributed by atoms with van der Waals surface area (Å²) in [5, 5.41) is 0. The maximum Gasteiger partial charge on any atom is 0.214 e. The van der Waals surface area contributed by atoms with Gasteiger partial charge in [-0.15, -0.1) is 11.6 Å². The van der Waals surface area contributed by atoms with E-state index >= 15 is 0 Å². The molecule has 1 heterocycles. The Labute approximate surface area is 139 Å². The Morgan fingerprint density at radius 3 is 2.33 bits per heavy atom. The number of hydrogen-bond acceptors (Lipinski definition) is 2. The summed E-state index contributed by atoms with van der Waals surface area (Å²) in [4.78, 5) is 4.60. The summed E-state index contributed by atoms with van der Waals surface area (Å²) in [6, 6.07) is 12.0. The lowest BCUT2D eigenvalue weighted by Gasteiger charge is -2.19. The molecule has 0 fully saturated rings. The predicted molar refractivity (Wildman–Crippen MR) is 91.0 cm³/mol. The molecule has 0 bridgehead atoms. The van der Waals surface area contributed by atoms with E-state index in [2.05, 4.69) is 41.7 Å². The van der Waals surface area contributed by atoms with Gasteiger partial charge in [0, 0.05) is 21.8 Å². The monoisotopic (exact) mass is 367 g/mol. The molecule has 1 aromatic heterocycles. The molecule has 0 radical (unpaired) electrons. The average molecular weight is 369 g/mol. The zero-order chi connectivity index (χ0) is 15.5. The summed E-state index contributed by atoms with van der Waals surface area (Å²) >= 11 is 9.39. The van der Waals surface area contributed by atoms with Crippen LogP contribution in [0, 0.1) is 0 Å². The van der Waals surface area contributed by atoms with Gasteiger partial charge in [-0.1, -0.05) is 48.8 Å². The third kappa shape index (κ3) is 4.72. The normalized spacial score (nSPS) is 11.5. The molecule has 0 atom stereocenters. The topological polar surface area (TPSA) is 22.1 Å². The molecule has 0 saturated carbocycles. The van der Waals surface area contributed by atoms with Crippen LogP contribution >= 0.6 is 27.5 Å². The Bertz CT molecular complexity index is 605. The largest absolute Gasteiger partial charge is 0.473 e. The number of benzene rings is 1. The highest BCUT2D eigenvalue weighted by atomic mass is 79.9. The molecular weight excluding hydrogens is 350 g/mol. The number of ether oxygens (including phenoxy) is 1. The fourth-order valence-corrected chi connectivity index (χ4v) is 2.25. The first kappa shape index (κ1) is 16.3. The number of aromatic nitrogens is 1. The van der Waals surface area contributed by atoms with Crippen molar-refractivity contribution in [3.8, 4) is 5.88 Å². The zero-order valence-corrected chi connectivity index (χ0v) is 14.8. The van der Waals surface area contributed by atoms with Crippen LogP contribution in [0.1, 0.15) is 37.6 Å². The van der Waals surface area contributed by atoms with Crippen LogP contribution in [0.2, 0.25) is 0 Å². The van der Waals surface area contributed by atoms with Crippen molar-refractivity contribution >= 4 is 27.5 Å². The van der Waals surface area contributed by atoms with Crippen molar-refractivity contribution in [2.45, 2.75) is 38.7 Å². The van der Waals surface area contributed by atoms with Crippen molar-refractivity contribution in [2.75, 3.05) is 0 Å². The summed E-state index contributed by atoms with van der Waals surface area (Å²) in [5.74, 6) is 1.08. The SMILES string of the molecule is CC(C)(C)c1cc(CCl)cc(OCc2ccc(Br)cc2)n1. The molecule has 2 aromatic rings. The van der Waals surface area contributed by atoms with E-state index in [0.29, 0.717) is 18.4 Å². The van der Waals surface area contributed by atoms with Gasteiger partial charge < -0.3 is 4.74 Å². The number of alkyl halides is 1. The highest BCUT2D eigenvalue weighted by Crippen LogP contribution is 2.25. The molecule has 1 aromatic carbocycles. The van der Waals surface area contributed by atoms with E-state index < -0.39 is 0 Å². The lowest BCUT2D eigenvalue weighted by Crippen LogP contribution is -2.14. The minimum atomic E-state index is -0.0300. The summed E-state index contributed by atoms with van der Waals surface area (Å²) < 4.78 is 6.88. The predicted octanol–water partition coefficient (Wildman–Crippen LogP) is 5.46. The molecular formula is C17H19BrClNO. The van der Waals surface area contributed by atoms with Crippen molar-refractivity contribution in [3.63, 3.8) is 0 Å².